The van der Waals surface area contributed by atoms with Crippen LogP contribution in [0.2, 0.25) is 0 Å². The minimum absolute atomic E-state index is 0.0372. The Bertz CT molecular complexity index is 905. The molecule has 0 radical (unpaired) electrons. The topological polar surface area (TPSA) is 88.2 Å². The molecule has 0 aliphatic carbocycles. The van der Waals surface area contributed by atoms with E-state index in [1.165, 1.54) is 12.3 Å². The number of hydrogen-bond donors (Lipinski definition) is 2. The predicted octanol–water partition coefficient (Wildman–Crippen LogP) is 2.43. The van der Waals surface area contributed by atoms with E-state index < -0.39 is 0 Å². The summed E-state index contributed by atoms with van der Waals surface area (Å²) >= 11 is 3.29. The molecule has 2 aromatic heterocycles. The molecule has 3 aromatic rings. The lowest BCUT2D eigenvalue weighted by molar-refractivity contribution is 0.103. The summed E-state index contributed by atoms with van der Waals surface area (Å²) in [6, 6.07) is 6.41. The van der Waals surface area contributed by atoms with E-state index in [1.807, 2.05) is 6.92 Å². The van der Waals surface area contributed by atoms with Crippen molar-refractivity contribution in [1.82, 2.24) is 14.8 Å². The fraction of sp³-hybridized carbons (Fsp3) is 0.188. The van der Waals surface area contributed by atoms with Crippen LogP contribution in [-0.4, -0.2) is 37.4 Å². The number of fused-ring (bicyclic) bond motifs is 1. The summed E-state index contributed by atoms with van der Waals surface area (Å²) in [5, 5.41) is 24.0. The molecule has 0 spiro atoms. The minimum atomic E-state index is -0.312. The lowest BCUT2D eigenvalue weighted by Gasteiger charge is -2.05. The molecule has 2 N–H and O–H groups in total. The van der Waals surface area contributed by atoms with Crippen LogP contribution in [0, 0.1) is 6.92 Å². The van der Waals surface area contributed by atoms with E-state index in [9.17, 15) is 9.90 Å². The van der Waals surface area contributed by atoms with Gasteiger partial charge >= 0.3 is 0 Å². The third kappa shape index (κ3) is 2.85. The second kappa shape index (κ2) is 6.10. The third-order valence-corrected chi connectivity index (χ3v) is 4.04. The largest absolute Gasteiger partial charge is 0.507 e. The van der Waals surface area contributed by atoms with Gasteiger partial charge < -0.3 is 10.2 Å². The molecule has 3 rings (SSSR count). The molecule has 0 unspecified atom stereocenters. The Morgan fingerprint density at radius 1 is 1.35 bits per heavy atom. The van der Waals surface area contributed by atoms with Crippen molar-refractivity contribution in [3.63, 3.8) is 0 Å². The summed E-state index contributed by atoms with van der Waals surface area (Å²) in [5.74, 6) is -0.390. The fourth-order valence-electron chi connectivity index (χ4n) is 2.43. The molecule has 0 aliphatic heterocycles. The highest BCUT2D eigenvalue weighted by Gasteiger charge is 2.17. The smallest absolute Gasteiger partial charge is 0.198 e. The summed E-state index contributed by atoms with van der Waals surface area (Å²) in [6.45, 7) is 2.13. The Hall–Kier alpha value is -2.25. The van der Waals surface area contributed by atoms with Crippen molar-refractivity contribution in [3.05, 3.63) is 51.8 Å². The van der Waals surface area contributed by atoms with Crippen LogP contribution >= 0.6 is 15.9 Å². The monoisotopic (exact) mass is 375 g/mol. The molecule has 0 fully saturated rings. The number of aliphatic hydroxyl groups is 1. The second-order valence-electron chi connectivity index (χ2n) is 5.12. The van der Waals surface area contributed by atoms with Crippen LogP contribution in [0.5, 0.6) is 5.75 Å². The molecule has 23 heavy (non-hydrogen) atoms. The van der Waals surface area contributed by atoms with Gasteiger partial charge in [-0.1, -0.05) is 15.9 Å². The van der Waals surface area contributed by atoms with Crippen LogP contribution < -0.4 is 0 Å². The summed E-state index contributed by atoms with van der Waals surface area (Å²) in [5.41, 5.74) is 1.93. The second-order valence-corrected chi connectivity index (χ2v) is 6.03. The van der Waals surface area contributed by atoms with E-state index in [4.69, 9.17) is 5.11 Å². The number of phenols is 1. The van der Waals surface area contributed by atoms with E-state index in [-0.39, 0.29) is 23.7 Å². The molecular weight excluding hydrogens is 362 g/mol. The first-order chi connectivity index (χ1) is 11.0. The Balaban J connectivity index is 2.08. The van der Waals surface area contributed by atoms with Gasteiger partial charge in [0.1, 0.15) is 5.75 Å². The van der Waals surface area contributed by atoms with E-state index in [1.54, 1.807) is 22.9 Å². The Morgan fingerprint density at radius 2 is 2.13 bits per heavy atom. The third-order valence-electron chi connectivity index (χ3n) is 3.55. The van der Waals surface area contributed by atoms with Crippen molar-refractivity contribution in [3.8, 4) is 5.75 Å². The number of ketones is 1. The Labute approximate surface area is 140 Å². The zero-order valence-corrected chi connectivity index (χ0v) is 13.9. The normalized spacial score (nSPS) is 11.1. The number of benzene rings is 1. The Morgan fingerprint density at radius 3 is 2.87 bits per heavy atom. The molecule has 2 heterocycles. The molecule has 118 valence electrons. The van der Waals surface area contributed by atoms with Crippen molar-refractivity contribution >= 4 is 32.7 Å². The maximum atomic E-state index is 12.6. The van der Waals surface area contributed by atoms with Crippen LogP contribution in [0.1, 0.15) is 21.6 Å². The van der Waals surface area contributed by atoms with Crippen LogP contribution in [0.3, 0.4) is 0 Å². The number of pyridine rings is 1. The zero-order valence-electron chi connectivity index (χ0n) is 12.3. The molecule has 0 aliphatic rings. The van der Waals surface area contributed by atoms with E-state index >= 15 is 0 Å². The predicted molar refractivity (Wildman–Crippen MR) is 88.6 cm³/mol. The van der Waals surface area contributed by atoms with Gasteiger partial charge in [0, 0.05) is 21.6 Å². The first kappa shape index (κ1) is 15.6. The Kier molecular flexibility index (Phi) is 4.14. The lowest BCUT2D eigenvalue weighted by Crippen LogP contribution is -2.06. The summed E-state index contributed by atoms with van der Waals surface area (Å²) < 4.78 is 2.31. The maximum absolute atomic E-state index is 12.6. The number of halogens is 1. The van der Waals surface area contributed by atoms with Gasteiger partial charge in [-0.05, 0) is 31.2 Å². The first-order valence-corrected chi connectivity index (χ1v) is 7.78. The molecule has 0 bridgehead atoms. The number of aryl methyl sites for hydroxylation is 1. The molecular formula is C16H14BrN3O3. The quantitative estimate of drug-likeness (QED) is 0.683. The highest BCUT2D eigenvalue weighted by atomic mass is 79.9. The van der Waals surface area contributed by atoms with Gasteiger partial charge in [0.25, 0.3) is 0 Å². The van der Waals surface area contributed by atoms with Crippen molar-refractivity contribution in [2.24, 2.45) is 0 Å². The molecule has 0 saturated heterocycles. The molecule has 1 aromatic carbocycles. The van der Waals surface area contributed by atoms with Crippen LogP contribution in [0.4, 0.5) is 0 Å². The molecule has 0 saturated carbocycles. The number of aromatic hydroxyl groups is 1. The highest BCUT2D eigenvalue weighted by molar-refractivity contribution is 9.10. The molecule has 7 heteroatoms. The number of carbonyl (C=O) groups is 1. The number of aliphatic hydroxyl groups excluding tert-OH is 1. The molecule has 0 atom stereocenters. The zero-order chi connectivity index (χ0) is 16.6. The standard InChI is InChI=1S/C16H14BrN3O3/c1-9-12-6-10(8-18-16(12)20(19-9)4-5-21)15(23)13-7-11(17)2-3-14(13)22/h2-3,6-8,21-22H,4-5H2,1H3. The van der Waals surface area contributed by atoms with Gasteiger partial charge in [0.15, 0.2) is 11.4 Å². The van der Waals surface area contributed by atoms with Gasteiger partial charge in [-0.2, -0.15) is 5.10 Å². The number of phenolic OH excluding ortho intramolecular Hbond substituents is 1. The van der Waals surface area contributed by atoms with E-state index in [0.29, 0.717) is 22.2 Å². The highest BCUT2D eigenvalue weighted by Crippen LogP contribution is 2.26. The first-order valence-electron chi connectivity index (χ1n) is 6.98. The van der Waals surface area contributed by atoms with Gasteiger partial charge in [-0.25, -0.2) is 9.67 Å². The summed E-state index contributed by atoms with van der Waals surface area (Å²) in [6.07, 6.45) is 1.46. The average Bonchev–Trinajstić information content (AvgIpc) is 2.85. The number of carbonyl (C=O) groups excluding carboxylic acids is 1. The van der Waals surface area contributed by atoms with Crippen molar-refractivity contribution in [1.29, 1.82) is 0 Å². The fourth-order valence-corrected chi connectivity index (χ4v) is 2.79. The van der Waals surface area contributed by atoms with Gasteiger partial charge in [0.05, 0.1) is 24.4 Å². The summed E-state index contributed by atoms with van der Waals surface area (Å²) in [4.78, 5) is 16.9. The van der Waals surface area contributed by atoms with E-state index in [0.717, 1.165) is 11.1 Å². The van der Waals surface area contributed by atoms with Gasteiger partial charge in [-0.3, -0.25) is 4.79 Å². The average molecular weight is 376 g/mol. The lowest BCUT2D eigenvalue weighted by atomic mass is 10.0. The SMILES string of the molecule is Cc1nn(CCO)c2ncc(C(=O)c3cc(Br)ccc3O)cc12. The van der Waals surface area contributed by atoms with Crippen molar-refractivity contribution in [2.75, 3.05) is 6.61 Å². The minimum Gasteiger partial charge on any atom is -0.507 e. The van der Waals surface area contributed by atoms with Gasteiger partial charge in [0.2, 0.25) is 0 Å². The van der Waals surface area contributed by atoms with Crippen LogP contribution in [0.15, 0.2) is 34.9 Å². The van der Waals surface area contributed by atoms with Crippen molar-refractivity contribution in [2.45, 2.75) is 13.5 Å². The van der Waals surface area contributed by atoms with Crippen LogP contribution in [0.25, 0.3) is 11.0 Å². The molecule has 0 amide bonds. The summed E-state index contributed by atoms with van der Waals surface area (Å²) in [7, 11) is 0. The number of hydrogen-bond acceptors (Lipinski definition) is 5. The van der Waals surface area contributed by atoms with E-state index in [2.05, 4.69) is 26.0 Å². The molecule has 6 nitrogen and oxygen atoms in total. The van der Waals surface area contributed by atoms with Crippen molar-refractivity contribution < 1.29 is 15.0 Å². The van der Waals surface area contributed by atoms with Crippen LogP contribution in [-0.2, 0) is 6.54 Å². The maximum Gasteiger partial charge on any atom is 0.198 e. The number of aromatic nitrogens is 3. The number of rotatable bonds is 4. The number of nitrogens with zero attached hydrogens (tertiary/aromatic N) is 3. The van der Waals surface area contributed by atoms with Gasteiger partial charge in [-0.15, -0.1) is 0 Å².